The highest BCUT2D eigenvalue weighted by molar-refractivity contribution is 5.83. The number of aliphatic hydroxyl groups is 1. The zero-order chi connectivity index (χ0) is 21.8. The molecule has 5 rings (SSSR count). The van der Waals surface area contributed by atoms with E-state index in [1.54, 1.807) is 37.0 Å². The third kappa shape index (κ3) is 3.58. The van der Waals surface area contributed by atoms with Gasteiger partial charge < -0.3 is 20.5 Å². The minimum absolute atomic E-state index is 0.121. The Morgan fingerprint density at radius 1 is 1.26 bits per heavy atom. The first-order valence-corrected chi connectivity index (χ1v) is 10.4. The van der Waals surface area contributed by atoms with Gasteiger partial charge in [-0.05, 0) is 44.2 Å². The van der Waals surface area contributed by atoms with Gasteiger partial charge in [0.25, 0.3) is 0 Å². The summed E-state index contributed by atoms with van der Waals surface area (Å²) in [4.78, 5) is 11.5. The Kier molecular flexibility index (Phi) is 4.57. The topological polar surface area (TPSA) is 126 Å². The number of hydrogen-bond donors (Lipinski definition) is 2. The van der Waals surface area contributed by atoms with Gasteiger partial charge in [-0.2, -0.15) is 10.4 Å². The van der Waals surface area contributed by atoms with Gasteiger partial charge in [0.05, 0.1) is 47.2 Å². The molecule has 2 aliphatic rings. The minimum atomic E-state index is -0.974. The fourth-order valence-electron chi connectivity index (χ4n) is 4.52. The molecule has 9 nitrogen and oxygen atoms in total. The molecule has 3 aromatic heterocycles. The van der Waals surface area contributed by atoms with Crippen molar-refractivity contribution < 1.29 is 9.84 Å². The van der Waals surface area contributed by atoms with Crippen LogP contribution in [0.15, 0.2) is 30.9 Å². The first kappa shape index (κ1) is 19.7. The van der Waals surface area contributed by atoms with Crippen LogP contribution in [0, 0.1) is 29.1 Å². The van der Waals surface area contributed by atoms with E-state index in [2.05, 4.69) is 26.0 Å². The number of nitrogens with zero attached hydrogens (tertiary/aromatic N) is 6. The van der Waals surface area contributed by atoms with Crippen molar-refractivity contribution in [2.75, 3.05) is 31.1 Å². The standard InChI is InChI=1S/C22H25N7O2/c1-22(2,30)12-31-14-3-15(21-13(4-23)6-27-29(21)9-14)19-7-26-20(8-25-19)28-10-17-16(5-24)18(17)11-28/h3,6-9,16-18,30H,5,10-12,24H2,1-2H3. The molecule has 3 aromatic rings. The van der Waals surface area contributed by atoms with Gasteiger partial charge >= 0.3 is 0 Å². The van der Waals surface area contributed by atoms with E-state index in [0.29, 0.717) is 45.8 Å². The van der Waals surface area contributed by atoms with Crippen LogP contribution >= 0.6 is 0 Å². The Hall–Kier alpha value is -3.22. The van der Waals surface area contributed by atoms with Crippen molar-refractivity contribution in [3.63, 3.8) is 0 Å². The maximum atomic E-state index is 9.98. The predicted octanol–water partition coefficient (Wildman–Crippen LogP) is 1.45. The van der Waals surface area contributed by atoms with Gasteiger partial charge in [-0.15, -0.1) is 0 Å². The molecule has 1 aliphatic heterocycles. The number of nitriles is 1. The van der Waals surface area contributed by atoms with Gasteiger partial charge in [0.1, 0.15) is 24.2 Å². The van der Waals surface area contributed by atoms with Crippen LogP contribution in [0.2, 0.25) is 0 Å². The van der Waals surface area contributed by atoms with E-state index in [1.807, 2.05) is 6.07 Å². The highest BCUT2D eigenvalue weighted by atomic mass is 16.5. The average molecular weight is 419 g/mol. The van der Waals surface area contributed by atoms with Crippen LogP contribution < -0.4 is 15.4 Å². The zero-order valence-electron chi connectivity index (χ0n) is 17.6. The Labute approximate surface area is 180 Å². The smallest absolute Gasteiger partial charge is 0.147 e. The molecule has 4 heterocycles. The van der Waals surface area contributed by atoms with Crippen molar-refractivity contribution >= 4 is 11.3 Å². The van der Waals surface area contributed by atoms with Gasteiger partial charge in [-0.1, -0.05) is 0 Å². The van der Waals surface area contributed by atoms with Gasteiger partial charge in [0, 0.05) is 18.7 Å². The van der Waals surface area contributed by atoms with Crippen LogP contribution in [0.3, 0.4) is 0 Å². The summed E-state index contributed by atoms with van der Waals surface area (Å²) in [7, 11) is 0. The molecule has 9 heteroatoms. The SMILES string of the molecule is CC(C)(O)COc1cc(-c2cnc(N3CC4C(CN)C4C3)cn2)c2c(C#N)cnn2c1. The number of ether oxygens (including phenoxy) is 1. The summed E-state index contributed by atoms with van der Waals surface area (Å²) in [5, 5.41) is 23.8. The molecule has 0 radical (unpaired) electrons. The largest absolute Gasteiger partial charge is 0.489 e. The fraction of sp³-hybridized carbons (Fsp3) is 0.455. The van der Waals surface area contributed by atoms with E-state index < -0.39 is 5.60 Å². The van der Waals surface area contributed by atoms with Crippen molar-refractivity contribution in [1.82, 2.24) is 19.6 Å². The zero-order valence-corrected chi connectivity index (χ0v) is 17.6. The number of pyridine rings is 1. The molecule has 160 valence electrons. The third-order valence-corrected chi connectivity index (χ3v) is 6.18. The second-order valence-corrected chi connectivity index (χ2v) is 9.05. The van der Waals surface area contributed by atoms with Crippen molar-refractivity contribution in [3.8, 4) is 23.1 Å². The molecule has 3 N–H and O–H groups in total. The number of anilines is 1. The third-order valence-electron chi connectivity index (χ3n) is 6.18. The summed E-state index contributed by atoms with van der Waals surface area (Å²) in [6.45, 7) is 6.20. The van der Waals surface area contributed by atoms with Gasteiger partial charge in [0.2, 0.25) is 0 Å². The number of rotatable bonds is 6. The minimum Gasteiger partial charge on any atom is -0.489 e. The molecule has 1 aliphatic carbocycles. The molecule has 0 amide bonds. The molecular weight excluding hydrogens is 394 g/mol. The lowest BCUT2D eigenvalue weighted by Gasteiger charge is -2.20. The summed E-state index contributed by atoms with van der Waals surface area (Å²) in [6, 6.07) is 3.99. The summed E-state index contributed by atoms with van der Waals surface area (Å²) >= 11 is 0. The molecule has 2 fully saturated rings. The second-order valence-electron chi connectivity index (χ2n) is 9.05. The summed E-state index contributed by atoms with van der Waals surface area (Å²) in [5.74, 6) is 3.40. The van der Waals surface area contributed by atoms with E-state index in [-0.39, 0.29) is 6.61 Å². The van der Waals surface area contributed by atoms with Crippen molar-refractivity contribution in [3.05, 3.63) is 36.4 Å². The maximum Gasteiger partial charge on any atom is 0.147 e. The number of piperidine rings is 1. The van der Waals surface area contributed by atoms with Gasteiger partial charge in [0.15, 0.2) is 0 Å². The molecule has 1 saturated heterocycles. The fourth-order valence-corrected chi connectivity index (χ4v) is 4.52. The van der Waals surface area contributed by atoms with Crippen LogP contribution in [0.4, 0.5) is 5.82 Å². The van der Waals surface area contributed by atoms with E-state index in [1.165, 1.54) is 6.20 Å². The monoisotopic (exact) mass is 419 g/mol. The number of hydrogen-bond acceptors (Lipinski definition) is 8. The lowest BCUT2D eigenvalue weighted by molar-refractivity contribution is 0.0283. The normalized spacial score (nSPS) is 22.4. The molecule has 2 atom stereocenters. The molecule has 0 spiro atoms. The summed E-state index contributed by atoms with van der Waals surface area (Å²) < 4.78 is 7.37. The van der Waals surface area contributed by atoms with Crippen LogP contribution in [-0.4, -0.2) is 56.5 Å². The van der Waals surface area contributed by atoms with Crippen molar-refractivity contribution in [2.45, 2.75) is 19.4 Å². The second kappa shape index (κ2) is 7.18. The summed E-state index contributed by atoms with van der Waals surface area (Å²) in [5.41, 5.74) is 7.26. The average Bonchev–Trinajstić information content (AvgIpc) is 3.07. The van der Waals surface area contributed by atoms with E-state index in [4.69, 9.17) is 10.5 Å². The predicted molar refractivity (Wildman–Crippen MR) is 114 cm³/mol. The molecule has 2 unspecified atom stereocenters. The number of nitrogens with two attached hydrogens (primary N) is 1. The van der Waals surface area contributed by atoms with Gasteiger partial charge in [-0.3, -0.25) is 4.98 Å². The number of aromatic nitrogens is 4. The van der Waals surface area contributed by atoms with Crippen LogP contribution in [0.25, 0.3) is 16.8 Å². The van der Waals surface area contributed by atoms with Crippen molar-refractivity contribution in [1.29, 1.82) is 5.26 Å². The molecule has 0 bridgehead atoms. The summed E-state index contributed by atoms with van der Waals surface area (Å²) in [6.07, 6.45) is 6.71. The molecular formula is C22H25N7O2. The molecule has 0 aromatic carbocycles. The van der Waals surface area contributed by atoms with E-state index >= 15 is 0 Å². The highest BCUT2D eigenvalue weighted by Gasteiger charge is 2.54. The first-order valence-electron chi connectivity index (χ1n) is 10.4. The molecule has 1 saturated carbocycles. The van der Waals surface area contributed by atoms with Crippen LogP contribution in [0.1, 0.15) is 19.4 Å². The van der Waals surface area contributed by atoms with Crippen LogP contribution in [-0.2, 0) is 0 Å². The van der Waals surface area contributed by atoms with Crippen LogP contribution in [0.5, 0.6) is 5.75 Å². The lowest BCUT2D eigenvalue weighted by atomic mass is 10.1. The van der Waals surface area contributed by atoms with E-state index in [9.17, 15) is 10.4 Å². The highest BCUT2D eigenvalue weighted by Crippen LogP contribution is 2.51. The number of fused-ring (bicyclic) bond motifs is 2. The Bertz CT molecular complexity index is 1150. The lowest BCUT2D eigenvalue weighted by Crippen LogP contribution is -2.28. The maximum absolute atomic E-state index is 9.98. The van der Waals surface area contributed by atoms with Gasteiger partial charge in [-0.25, -0.2) is 9.50 Å². The Morgan fingerprint density at radius 2 is 2.03 bits per heavy atom. The van der Waals surface area contributed by atoms with Crippen molar-refractivity contribution in [2.24, 2.45) is 23.5 Å². The first-order chi connectivity index (χ1) is 14.9. The Balaban J connectivity index is 1.45. The quantitative estimate of drug-likeness (QED) is 0.615. The Morgan fingerprint density at radius 3 is 2.65 bits per heavy atom. The van der Waals surface area contributed by atoms with E-state index in [0.717, 1.165) is 25.5 Å². The molecule has 31 heavy (non-hydrogen) atoms.